The zero-order chi connectivity index (χ0) is 18.4. The molecule has 0 aromatic carbocycles. The van der Waals surface area contributed by atoms with Crippen molar-refractivity contribution in [2.45, 2.75) is 64.8 Å². The van der Waals surface area contributed by atoms with Crippen LogP contribution in [0.5, 0.6) is 0 Å². The molecule has 0 N–H and O–H groups in total. The summed E-state index contributed by atoms with van der Waals surface area (Å²) in [5, 5.41) is 9.65. The molecule has 0 amide bonds. The van der Waals surface area contributed by atoms with Crippen molar-refractivity contribution in [3.05, 3.63) is 23.0 Å². The second kappa shape index (κ2) is 6.78. The Morgan fingerprint density at radius 1 is 1.36 bits per heavy atom. The van der Waals surface area contributed by atoms with Crippen LogP contribution in [-0.2, 0) is 17.9 Å². The summed E-state index contributed by atoms with van der Waals surface area (Å²) in [6.45, 7) is 10.7. The minimum atomic E-state index is -1.28. The van der Waals surface area contributed by atoms with Crippen LogP contribution in [0.4, 0.5) is 0 Å². The maximum atomic E-state index is 12.4. The Labute approximate surface area is 156 Å². The third kappa shape index (κ3) is 3.64. The molecule has 6 nitrogen and oxygen atoms in total. The second-order valence-electron chi connectivity index (χ2n) is 7.52. The number of aryl methyl sites for hydroxylation is 1. The van der Waals surface area contributed by atoms with Crippen LogP contribution in [0.2, 0.25) is 5.02 Å². The number of nitrogens with zero attached hydrogens (tertiary/aromatic N) is 5. The molecule has 0 radical (unpaired) electrons. The maximum Gasteiger partial charge on any atom is 0.144 e. The molecule has 0 aliphatic carbocycles. The zero-order valence-electron chi connectivity index (χ0n) is 15.3. The minimum Gasteiger partial charge on any atom is -0.591 e. The van der Waals surface area contributed by atoms with Crippen LogP contribution in [0.3, 0.4) is 0 Å². The molecule has 1 aliphatic heterocycles. The Morgan fingerprint density at radius 2 is 2.08 bits per heavy atom. The third-order valence-electron chi connectivity index (χ3n) is 4.06. The van der Waals surface area contributed by atoms with E-state index < -0.39 is 11.4 Å². The molecule has 8 heteroatoms. The van der Waals surface area contributed by atoms with Crippen LogP contribution < -0.4 is 0 Å². The van der Waals surface area contributed by atoms with Crippen molar-refractivity contribution in [2.75, 3.05) is 0 Å². The lowest BCUT2D eigenvalue weighted by Gasteiger charge is -2.21. The zero-order valence-corrected chi connectivity index (χ0v) is 16.9. The summed E-state index contributed by atoms with van der Waals surface area (Å²) >= 11 is 5.07. The molecule has 3 heterocycles. The van der Waals surface area contributed by atoms with E-state index in [1.807, 2.05) is 36.2 Å². The number of hydrogen-bond donors (Lipinski definition) is 0. The van der Waals surface area contributed by atoms with Crippen LogP contribution in [0.15, 0.2) is 16.7 Å². The molecular formula is C17H24ClN5OS. The van der Waals surface area contributed by atoms with Crippen LogP contribution in [0.25, 0.3) is 11.4 Å². The highest BCUT2D eigenvalue weighted by Crippen LogP contribution is 2.31. The summed E-state index contributed by atoms with van der Waals surface area (Å²) < 4.78 is 20.4. The van der Waals surface area contributed by atoms with Crippen molar-refractivity contribution in [3.8, 4) is 11.4 Å². The highest BCUT2D eigenvalue weighted by atomic mass is 35.5. The van der Waals surface area contributed by atoms with Gasteiger partial charge in [0, 0.05) is 12.6 Å². The number of hydrogen-bond acceptors (Lipinski definition) is 4. The predicted octanol–water partition coefficient (Wildman–Crippen LogP) is 4.03. The largest absolute Gasteiger partial charge is 0.591 e. The molecule has 1 aliphatic rings. The second-order valence-corrected chi connectivity index (χ2v) is 9.83. The van der Waals surface area contributed by atoms with Crippen LogP contribution in [0, 0.1) is 0 Å². The van der Waals surface area contributed by atoms with E-state index in [1.165, 1.54) is 0 Å². The Bertz CT molecular complexity index is 803. The molecule has 136 valence electrons. The van der Waals surface area contributed by atoms with Gasteiger partial charge in [-0.15, -0.1) is 0 Å². The Morgan fingerprint density at radius 3 is 2.72 bits per heavy atom. The molecule has 0 saturated carbocycles. The van der Waals surface area contributed by atoms with Gasteiger partial charge in [-0.1, -0.05) is 16.0 Å². The van der Waals surface area contributed by atoms with Gasteiger partial charge in [-0.25, -0.2) is 0 Å². The number of halogens is 1. The number of fused-ring (bicyclic) bond motifs is 1. The van der Waals surface area contributed by atoms with Crippen LogP contribution >= 0.6 is 11.6 Å². The predicted molar refractivity (Wildman–Crippen MR) is 103 cm³/mol. The molecule has 1 atom stereocenters. The first-order valence-corrected chi connectivity index (χ1v) is 9.98. The highest BCUT2D eigenvalue weighted by Gasteiger charge is 2.30. The average Bonchev–Trinajstić information content (AvgIpc) is 3.09. The minimum absolute atomic E-state index is 0.183. The van der Waals surface area contributed by atoms with Gasteiger partial charge in [0.25, 0.3) is 0 Å². The van der Waals surface area contributed by atoms with E-state index >= 15 is 0 Å². The van der Waals surface area contributed by atoms with Crippen LogP contribution in [-0.4, -0.2) is 34.6 Å². The summed E-state index contributed by atoms with van der Waals surface area (Å²) in [6, 6.07) is 2.17. The molecule has 2 aromatic heterocycles. The van der Waals surface area contributed by atoms with Gasteiger partial charge in [-0.05, 0) is 53.5 Å². The monoisotopic (exact) mass is 381 g/mol. The highest BCUT2D eigenvalue weighted by molar-refractivity contribution is 7.91. The molecule has 25 heavy (non-hydrogen) atoms. The van der Waals surface area contributed by atoms with Gasteiger partial charge in [0.1, 0.15) is 33.2 Å². The third-order valence-corrected chi connectivity index (χ3v) is 5.77. The lowest BCUT2D eigenvalue weighted by atomic mass is 10.1. The van der Waals surface area contributed by atoms with E-state index in [2.05, 4.69) is 23.3 Å². The van der Waals surface area contributed by atoms with Gasteiger partial charge in [-0.3, -0.25) is 9.36 Å². The number of rotatable bonds is 3. The van der Waals surface area contributed by atoms with E-state index in [9.17, 15) is 4.55 Å². The van der Waals surface area contributed by atoms with Crippen molar-refractivity contribution >= 4 is 28.7 Å². The molecule has 1 unspecified atom stereocenters. The SMILES string of the molecule is CC(C)n1ncc(Cl)c1-c1cc2n(n1)CCCC2=N[S+]([O-])C(C)(C)C. The van der Waals surface area contributed by atoms with E-state index in [0.717, 1.165) is 42.2 Å². The van der Waals surface area contributed by atoms with Crippen LogP contribution in [0.1, 0.15) is 59.2 Å². The van der Waals surface area contributed by atoms with Crippen molar-refractivity contribution in [3.63, 3.8) is 0 Å². The molecule has 0 fully saturated rings. The van der Waals surface area contributed by atoms with Crippen molar-refractivity contribution < 1.29 is 4.55 Å². The van der Waals surface area contributed by atoms with Crippen molar-refractivity contribution in [1.29, 1.82) is 0 Å². The first kappa shape index (κ1) is 18.5. The van der Waals surface area contributed by atoms with Gasteiger partial charge in [0.15, 0.2) is 0 Å². The fourth-order valence-corrected chi connectivity index (χ4v) is 3.65. The fourth-order valence-electron chi connectivity index (χ4n) is 2.76. The van der Waals surface area contributed by atoms with Gasteiger partial charge < -0.3 is 4.55 Å². The lowest BCUT2D eigenvalue weighted by molar-refractivity contribution is 0.534. The Balaban J connectivity index is 2.04. The molecule has 0 spiro atoms. The van der Waals surface area contributed by atoms with E-state index in [4.69, 9.17) is 16.7 Å². The first-order chi connectivity index (χ1) is 11.7. The molecule has 3 rings (SSSR count). The summed E-state index contributed by atoms with van der Waals surface area (Å²) in [5.74, 6) is 0. The fraction of sp³-hybridized carbons (Fsp3) is 0.588. The molecular weight excluding hydrogens is 358 g/mol. The summed E-state index contributed by atoms with van der Waals surface area (Å²) in [5.41, 5.74) is 3.37. The maximum absolute atomic E-state index is 12.4. The van der Waals surface area contributed by atoms with E-state index in [1.54, 1.807) is 6.20 Å². The van der Waals surface area contributed by atoms with Gasteiger partial charge >= 0.3 is 0 Å². The topological polar surface area (TPSA) is 71.1 Å². The standard InChI is InChI=1S/C17H24ClN5OS/c1-11(2)23-16(12(18)10-19-23)14-9-15-13(7-6-8-22(15)20-14)21-25(24)17(3,4)5/h9-11H,6-8H2,1-5H3. The lowest BCUT2D eigenvalue weighted by Crippen LogP contribution is -2.28. The normalized spacial score (nSPS) is 18.0. The average molecular weight is 382 g/mol. The molecule has 0 bridgehead atoms. The van der Waals surface area contributed by atoms with Gasteiger partial charge in [-0.2, -0.15) is 10.2 Å². The quantitative estimate of drug-likeness (QED) is 0.753. The van der Waals surface area contributed by atoms with Crippen molar-refractivity contribution in [2.24, 2.45) is 4.40 Å². The summed E-state index contributed by atoms with van der Waals surface area (Å²) in [7, 11) is 0. The number of aromatic nitrogens is 4. The van der Waals surface area contributed by atoms with E-state index in [-0.39, 0.29) is 10.8 Å². The Hall–Kier alpha value is -1.31. The van der Waals surface area contributed by atoms with Crippen molar-refractivity contribution in [1.82, 2.24) is 19.6 Å². The van der Waals surface area contributed by atoms with Gasteiger partial charge in [0.2, 0.25) is 0 Å². The first-order valence-electron chi connectivity index (χ1n) is 8.49. The van der Waals surface area contributed by atoms with Gasteiger partial charge in [0.05, 0.1) is 16.9 Å². The molecule has 0 saturated heterocycles. The summed E-state index contributed by atoms with van der Waals surface area (Å²) in [4.78, 5) is 0. The smallest absolute Gasteiger partial charge is 0.144 e. The Kier molecular flexibility index (Phi) is 5.01. The summed E-state index contributed by atoms with van der Waals surface area (Å²) in [6.07, 6.45) is 3.40. The molecule has 2 aromatic rings. The van der Waals surface area contributed by atoms with E-state index in [0.29, 0.717) is 5.02 Å².